The van der Waals surface area contributed by atoms with Gasteiger partial charge in [0.15, 0.2) is 0 Å². The van der Waals surface area contributed by atoms with Crippen LogP contribution < -0.4 is 10.1 Å². The van der Waals surface area contributed by atoms with Crippen LogP contribution in [0.25, 0.3) is 10.9 Å². The largest absolute Gasteiger partial charge is 0.492 e. The molecule has 0 fully saturated rings. The number of rotatable bonds is 4. The number of nitrogens with zero attached hydrogens (tertiary/aromatic N) is 2. The van der Waals surface area contributed by atoms with Gasteiger partial charge in [0.2, 0.25) is 0 Å². The van der Waals surface area contributed by atoms with E-state index in [4.69, 9.17) is 4.74 Å². The second-order valence-corrected chi connectivity index (χ2v) is 5.68. The van der Waals surface area contributed by atoms with E-state index in [9.17, 15) is 0 Å². The molecule has 3 rings (SSSR count). The van der Waals surface area contributed by atoms with Gasteiger partial charge in [0.25, 0.3) is 0 Å². The van der Waals surface area contributed by atoms with E-state index >= 15 is 0 Å². The van der Waals surface area contributed by atoms with Gasteiger partial charge in [0, 0.05) is 8.96 Å². The number of anilines is 2. The van der Waals surface area contributed by atoms with Crippen LogP contribution in [0.15, 0.2) is 48.8 Å². The molecule has 106 valence electrons. The molecule has 0 bridgehead atoms. The van der Waals surface area contributed by atoms with E-state index in [0.29, 0.717) is 6.61 Å². The van der Waals surface area contributed by atoms with Crippen molar-refractivity contribution in [2.45, 2.75) is 6.92 Å². The first-order valence-electron chi connectivity index (χ1n) is 6.67. The maximum Gasteiger partial charge on any atom is 0.142 e. The predicted octanol–water partition coefficient (Wildman–Crippen LogP) is 4.38. The van der Waals surface area contributed by atoms with Crippen molar-refractivity contribution >= 4 is 45.0 Å². The molecule has 0 aliphatic carbocycles. The van der Waals surface area contributed by atoms with Crippen molar-refractivity contribution in [1.82, 2.24) is 9.97 Å². The Morgan fingerprint density at radius 3 is 2.86 bits per heavy atom. The van der Waals surface area contributed by atoms with E-state index in [2.05, 4.69) is 43.9 Å². The van der Waals surface area contributed by atoms with E-state index in [0.717, 1.165) is 31.7 Å². The van der Waals surface area contributed by atoms with Crippen molar-refractivity contribution in [3.63, 3.8) is 0 Å². The smallest absolute Gasteiger partial charge is 0.142 e. The third-order valence-electron chi connectivity index (χ3n) is 3.04. The van der Waals surface area contributed by atoms with Gasteiger partial charge in [0.1, 0.15) is 17.9 Å². The average molecular weight is 391 g/mol. The zero-order chi connectivity index (χ0) is 14.7. The lowest BCUT2D eigenvalue weighted by Gasteiger charge is -2.12. The van der Waals surface area contributed by atoms with E-state index in [1.165, 1.54) is 0 Å². The third kappa shape index (κ3) is 3.07. The number of para-hydroxylation sites is 2. The highest BCUT2D eigenvalue weighted by molar-refractivity contribution is 14.1. The first-order chi connectivity index (χ1) is 10.3. The molecule has 0 saturated heterocycles. The lowest BCUT2D eigenvalue weighted by molar-refractivity contribution is 0.342. The second-order valence-electron chi connectivity index (χ2n) is 4.44. The van der Waals surface area contributed by atoms with Crippen molar-refractivity contribution < 1.29 is 4.74 Å². The lowest BCUT2D eigenvalue weighted by atomic mass is 10.2. The van der Waals surface area contributed by atoms with Crippen LogP contribution in [0.1, 0.15) is 6.92 Å². The summed E-state index contributed by atoms with van der Waals surface area (Å²) in [5, 5.41) is 4.34. The molecule has 4 nitrogen and oxygen atoms in total. The Morgan fingerprint density at radius 1 is 1.14 bits per heavy atom. The minimum Gasteiger partial charge on any atom is -0.492 e. The van der Waals surface area contributed by atoms with Gasteiger partial charge in [-0.25, -0.2) is 9.97 Å². The molecule has 3 aromatic rings. The standard InChI is InChI=1S/C16H14IN3O/c1-2-21-15-6-4-3-5-14(15)20-16-12-9-11(17)7-8-13(12)18-10-19-16/h3-10H,2H2,1H3,(H,18,19,20). The molecule has 5 heteroatoms. The second kappa shape index (κ2) is 6.26. The molecule has 21 heavy (non-hydrogen) atoms. The molecule has 0 atom stereocenters. The van der Waals surface area contributed by atoms with Crippen molar-refractivity contribution in [1.29, 1.82) is 0 Å². The maximum atomic E-state index is 5.64. The number of hydrogen-bond acceptors (Lipinski definition) is 4. The fourth-order valence-electron chi connectivity index (χ4n) is 2.11. The van der Waals surface area contributed by atoms with Crippen LogP contribution in [0.2, 0.25) is 0 Å². The first kappa shape index (κ1) is 14.1. The van der Waals surface area contributed by atoms with E-state index < -0.39 is 0 Å². The molecular weight excluding hydrogens is 377 g/mol. The summed E-state index contributed by atoms with van der Waals surface area (Å²) in [6, 6.07) is 14.0. The quantitative estimate of drug-likeness (QED) is 0.671. The summed E-state index contributed by atoms with van der Waals surface area (Å²) in [5.74, 6) is 1.60. The fourth-order valence-corrected chi connectivity index (χ4v) is 2.60. The van der Waals surface area contributed by atoms with Gasteiger partial charge < -0.3 is 10.1 Å². The fraction of sp³-hybridized carbons (Fsp3) is 0.125. The molecule has 0 amide bonds. The summed E-state index contributed by atoms with van der Waals surface area (Å²) in [5.41, 5.74) is 1.82. The average Bonchev–Trinajstić information content (AvgIpc) is 2.50. The van der Waals surface area contributed by atoms with Gasteiger partial charge in [-0.05, 0) is 59.8 Å². The number of hydrogen-bond donors (Lipinski definition) is 1. The normalized spacial score (nSPS) is 10.6. The number of nitrogens with one attached hydrogen (secondary N) is 1. The summed E-state index contributed by atoms with van der Waals surface area (Å²) in [6.07, 6.45) is 1.57. The van der Waals surface area contributed by atoms with Gasteiger partial charge in [-0.1, -0.05) is 12.1 Å². The van der Waals surface area contributed by atoms with E-state index in [1.807, 2.05) is 43.3 Å². The lowest BCUT2D eigenvalue weighted by Crippen LogP contribution is -2.00. The van der Waals surface area contributed by atoms with Crippen LogP contribution in [0.3, 0.4) is 0 Å². The molecule has 0 saturated carbocycles. The number of benzene rings is 2. The van der Waals surface area contributed by atoms with Crippen LogP contribution in [-0.2, 0) is 0 Å². The van der Waals surface area contributed by atoms with Gasteiger partial charge in [-0.3, -0.25) is 0 Å². The Balaban J connectivity index is 2.04. The summed E-state index contributed by atoms with van der Waals surface area (Å²) in [4.78, 5) is 8.66. The topological polar surface area (TPSA) is 47.0 Å². The van der Waals surface area contributed by atoms with Crippen molar-refractivity contribution in [3.8, 4) is 5.75 Å². The Hall–Kier alpha value is -1.89. The number of ether oxygens (including phenoxy) is 1. The molecule has 2 aromatic carbocycles. The number of fused-ring (bicyclic) bond motifs is 1. The Kier molecular flexibility index (Phi) is 4.19. The maximum absolute atomic E-state index is 5.64. The molecule has 0 unspecified atom stereocenters. The summed E-state index contributed by atoms with van der Waals surface area (Å²) < 4.78 is 6.79. The van der Waals surface area contributed by atoms with Crippen molar-refractivity contribution in [2.24, 2.45) is 0 Å². The molecular formula is C16H14IN3O. The van der Waals surface area contributed by atoms with Crippen molar-refractivity contribution in [3.05, 3.63) is 52.4 Å². The molecule has 0 spiro atoms. The van der Waals surface area contributed by atoms with Crippen LogP contribution >= 0.6 is 22.6 Å². The van der Waals surface area contributed by atoms with Gasteiger partial charge in [-0.2, -0.15) is 0 Å². The minimum atomic E-state index is 0.626. The summed E-state index contributed by atoms with van der Waals surface area (Å²) >= 11 is 2.29. The van der Waals surface area contributed by atoms with Gasteiger partial charge in [-0.15, -0.1) is 0 Å². The summed E-state index contributed by atoms with van der Waals surface area (Å²) in [7, 11) is 0. The van der Waals surface area contributed by atoms with Gasteiger partial charge >= 0.3 is 0 Å². The molecule has 1 aromatic heterocycles. The van der Waals surface area contributed by atoms with Crippen molar-refractivity contribution in [2.75, 3.05) is 11.9 Å². The third-order valence-corrected chi connectivity index (χ3v) is 3.71. The van der Waals surface area contributed by atoms with E-state index in [-0.39, 0.29) is 0 Å². The highest BCUT2D eigenvalue weighted by Gasteiger charge is 2.08. The number of aromatic nitrogens is 2. The molecule has 0 radical (unpaired) electrons. The SMILES string of the molecule is CCOc1ccccc1Nc1ncnc2ccc(I)cc12. The Morgan fingerprint density at radius 2 is 2.00 bits per heavy atom. The molecule has 0 aliphatic rings. The molecule has 1 N–H and O–H groups in total. The predicted molar refractivity (Wildman–Crippen MR) is 93.1 cm³/mol. The van der Waals surface area contributed by atoms with Crippen LogP contribution in [0, 0.1) is 3.57 Å². The molecule has 0 aliphatic heterocycles. The molecule has 1 heterocycles. The monoisotopic (exact) mass is 391 g/mol. The highest BCUT2D eigenvalue weighted by atomic mass is 127. The zero-order valence-corrected chi connectivity index (χ0v) is 13.7. The van der Waals surface area contributed by atoms with Gasteiger partial charge in [0.05, 0.1) is 17.8 Å². The Labute approximate surface area is 136 Å². The Bertz CT molecular complexity index is 776. The van der Waals surface area contributed by atoms with Crippen LogP contribution in [0.4, 0.5) is 11.5 Å². The minimum absolute atomic E-state index is 0.626. The van der Waals surface area contributed by atoms with Crippen LogP contribution in [-0.4, -0.2) is 16.6 Å². The van der Waals surface area contributed by atoms with Crippen LogP contribution in [0.5, 0.6) is 5.75 Å². The van der Waals surface area contributed by atoms with E-state index in [1.54, 1.807) is 6.33 Å². The zero-order valence-electron chi connectivity index (χ0n) is 11.5. The number of halogens is 1. The summed E-state index contributed by atoms with van der Waals surface area (Å²) in [6.45, 7) is 2.60. The highest BCUT2D eigenvalue weighted by Crippen LogP contribution is 2.30. The first-order valence-corrected chi connectivity index (χ1v) is 7.75.